The Morgan fingerprint density at radius 1 is 1.00 bits per heavy atom. The van der Waals surface area contributed by atoms with E-state index in [9.17, 15) is 9.59 Å². The van der Waals surface area contributed by atoms with Crippen molar-refractivity contribution in [3.8, 4) is 5.69 Å². The second-order valence-electron chi connectivity index (χ2n) is 7.89. The summed E-state index contributed by atoms with van der Waals surface area (Å²) in [6, 6.07) is 13.4. The predicted molar refractivity (Wildman–Crippen MR) is 122 cm³/mol. The van der Waals surface area contributed by atoms with Gasteiger partial charge in [0, 0.05) is 13.1 Å². The van der Waals surface area contributed by atoms with Crippen LogP contribution in [0, 0.1) is 13.8 Å². The van der Waals surface area contributed by atoms with Gasteiger partial charge in [-0.3, -0.25) is 14.0 Å². The molecule has 4 aromatic rings. The molecule has 7 nitrogen and oxygen atoms in total. The smallest absolute Gasteiger partial charge is 0.267 e. The average molecular weight is 434 g/mol. The molecule has 0 spiro atoms. The number of thioether (sulfide) groups is 1. The highest BCUT2D eigenvalue weighted by Gasteiger charge is 2.22. The van der Waals surface area contributed by atoms with Crippen LogP contribution in [0.4, 0.5) is 0 Å². The van der Waals surface area contributed by atoms with Crippen molar-refractivity contribution in [1.82, 2.24) is 24.1 Å². The first kappa shape index (κ1) is 19.8. The van der Waals surface area contributed by atoms with Crippen molar-refractivity contribution < 1.29 is 4.79 Å². The monoisotopic (exact) mass is 433 g/mol. The first-order valence-corrected chi connectivity index (χ1v) is 11.4. The molecule has 5 rings (SSSR count). The lowest BCUT2D eigenvalue weighted by Gasteiger charge is -2.16. The van der Waals surface area contributed by atoms with Gasteiger partial charge >= 0.3 is 0 Å². The van der Waals surface area contributed by atoms with Crippen LogP contribution in [0.5, 0.6) is 0 Å². The quantitative estimate of drug-likeness (QED) is 0.462. The number of likely N-dealkylation sites (tertiary alicyclic amines) is 1. The van der Waals surface area contributed by atoms with E-state index in [1.807, 2.05) is 65.6 Å². The maximum Gasteiger partial charge on any atom is 0.267 e. The van der Waals surface area contributed by atoms with Gasteiger partial charge < -0.3 is 4.90 Å². The Kier molecular flexibility index (Phi) is 5.02. The number of fused-ring (bicyclic) bond motifs is 3. The molecule has 1 aliphatic rings. The molecule has 1 saturated heterocycles. The highest BCUT2D eigenvalue weighted by molar-refractivity contribution is 7.99. The fourth-order valence-electron chi connectivity index (χ4n) is 4.32. The van der Waals surface area contributed by atoms with Crippen LogP contribution in [-0.2, 0) is 4.79 Å². The Morgan fingerprint density at radius 3 is 2.45 bits per heavy atom. The van der Waals surface area contributed by atoms with Crippen LogP contribution in [0.15, 0.2) is 52.4 Å². The molecule has 0 saturated carbocycles. The van der Waals surface area contributed by atoms with E-state index in [1.165, 1.54) is 11.8 Å². The van der Waals surface area contributed by atoms with Crippen molar-refractivity contribution in [2.75, 3.05) is 18.8 Å². The number of amides is 1. The largest absolute Gasteiger partial charge is 0.342 e. The van der Waals surface area contributed by atoms with Gasteiger partial charge in [-0.2, -0.15) is 0 Å². The normalized spacial score (nSPS) is 14.1. The molecule has 31 heavy (non-hydrogen) atoms. The van der Waals surface area contributed by atoms with Crippen LogP contribution in [0.25, 0.3) is 22.4 Å². The van der Waals surface area contributed by atoms with E-state index in [0.717, 1.165) is 48.3 Å². The zero-order valence-electron chi connectivity index (χ0n) is 17.5. The van der Waals surface area contributed by atoms with Crippen molar-refractivity contribution in [1.29, 1.82) is 0 Å². The van der Waals surface area contributed by atoms with Gasteiger partial charge in [0.05, 0.1) is 22.3 Å². The fourth-order valence-corrected chi connectivity index (χ4v) is 5.16. The molecule has 158 valence electrons. The van der Waals surface area contributed by atoms with E-state index in [2.05, 4.69) is 10.2 Å². The van der Waals surface area contributed by atoms with Gasteiger partial charge in [0.15, 0.2) is 5.16 Å². The summed E-state index contributed by atoms with van der Waals surface area (Å²) in [5.41, 5.74) is 3.41. The van der Waals surface area contributed by atoms with Gasteiger partial charge in [0.25, 0.3) is 5.56 Å². The average Bonchev–Trinajstić information content (AvgIpc) is 3.44. The number of hydrogen-bond donors (Lipinski definition) is 0. The third-order valence-electron chi connectivity index (χ3n) is 5.84. The van der Waals surface area contributed by atoms with Crippen molar-refractivity contribution in [3.63, 3.8) is 0 Å². The highest BCUT2D eigenvalue weighted by Crippen LogP contribution is 2.26. The summed E-state index contributed by atoms with van der Waals surface area (Å²) in [7, 11) is 0. The molecule has 1 amide bonds. The Hall–Kier alpha value is -3.13. The zero-order chi connectivity index (χ0) is 21.5. The summed E-state index contributed by atoms with van der Waals surface area (Å²) in [6.45, 7) is 5.63. The van der Waals surface area contributed by atoms with Gasteiger partial charge in [-0.15, -0.1) is 10.2 Å². The van der Waals surface area contributed by atoms with Gasteiger partial charge in [0.1, 0.15) is 0 Å². The van der Waals surface area contributed by atoms with E-state index in [4.69, 9.17) is 0 Å². The maximum absolute atomic E-state index is 13.5. The number of carbonyl (C=O) groups is 1. The molecule has 1 fully saturated rings. The third kappa shape index (κ3) is 3.31. The van der Waals surface area contributed by atoms with Gasteiger partial charge in [0.2, 0.25) is 11.7 Å². The van der Waals surface area contributed by atoms with Crippen LogP contribution in [0.3, 0.4) is 0 Å². The van der Waals surface area contributed by atoms with Crippen molar-refractivity contribution in [2.24, 2.45) is 0 Å². The molecular formula is C23H23N5O2S. The van der Waals surface area contributed by atoms with E-state index in [1.54, 1.807) is 4.57 Å². The first-order chi connectivity index (χ1) is 15.1. The number of nitrogens with zero attached hydrogens (tertiary/aromatic N) is 5. The molecule has 0 unspecified atom stereocenters. The molecule has 2 aromatic heterocycles. The lowest BCUT2D eigenvalue weighted by atomic mass is 10.1. The lowest BCUT2D eigenvalue weighted by Crippen LogP contribution is -2.29. The molecule has 0 atom stereocenters. The molecule has 0 radical (unpaired) electrons. The summed E-state index contributed by atoms with van der Waals surface area (Å²) in [6.07, 6.45) is 2.13. The zero-order valence-corrected chi connectivity index (χ0v) is 18.4. The summed E-state index contributed by atoms with van der Waals surface area (Å²) in [4.78, 5) is 28.0. The molecule has 3 heterocycles. The number of benzene rings is 2. The van der Waals surface area contributed by atoms with E-state index >= 15 is 0 Å². The summed E-state index contributed by atoms with van der Waals surface area (Å²) in [5, 5.41) is 9.97. The second kappa shape index (κ2) is 7.85. The van der Waals surface area contributed by atoms with Crippen molar-refractivity contribution in [2.45, 2.75) is 31.8 Å². The van der Waals surface area contributed by atoms with Crippen LogP contribution >= 0.6 is 11.8 Å². The minimum Gasteiger partial charge on any atom is -0.342 e. The van der Waals surface area contributed by atoms with E-state index in [0.29, 0.717) is 22.1 Å². The van der Waals surface area contributed by atoms with Crippen molar-refractivity contribution in [3.05, 3.63) is 63.9 Å². The van der Waals surface area contributed by atoms with Gasteiger partial charge in [-0.1, -0.05) is 42.1 Å². The summed E-state index contributed by atoms with van der Waals surface area (Å²) >= 11 is 1.37. The number of hydrogen-bond acceptors (Lipinski definition) is 5. The number of carbonyl (C=O) groups excluding carboxylic acids is 1. The number of aryl methyl sites for hydroxylation is 2. The first-order valence-electron chi connectivity index (χ1n) is 10.4. The molecule has 8 heteroatoms. The lowest BCUT2D eigenvalue weighted by molar-refractivity contribution is -0.127. The van der Waals surface area contributed by atoms with Gasteiger partial charge in [-0.25, -0.2) is 4.57 Å². The number of aromatic nitrogens is 4. The minimum absolute atomic E-state index is 0.117. The number of rotatable bonds is 4. The molecule has 0 aliphatic carbocycles. The second-order valence-corrected chi connectivity index (χ2v) is 8.84. The van der Waals surface area contributed by atoms with Crippen LogP contribution in [0.1, 0.15) is 24.0 Å². The number of para-hydroxylation sites is 2. The SMILES string of the molecule is Cc1cccc(C)c1-n1c(=O)c2ccccc2n2c(SCC(=O)N3CCCC3)nnc12. The topological polar surface area (TPSA) is 72.5 Å². The Labute approximate surface area is 183 Å². The highest BCUT2D eigenvalue weighted by atomic mass is 32.2. The Morgan fingerprint density at radius 2 is 1.71 bits per heavy atom. The van der Waals surface area contributed by atoms with E-state index < -0.39 is 0 Å². The Balaban J connectivity index is 1.69. The standard InChI is InChI=1S/C23H23N5O2S/c1-15-8-7-9-16(2)20(15)28-21(30)17-10-3-4-11-18(17)27-22(28)24-25-23(27)31-14-19(29)26-12-5-6-13-26/h3-4,7-11H,5-6,12-14H2,1-2H3. The predicted octanol–water partition coefficient (Wildman–Crippen LogP) is 3.36. The van der Waals surface area contributed by atoms with E-state index in [-0.39, 0.29) is 11.5 Å². The third-order valence-corrected chi connectivity index (χ3v) is 6.76. The Bertz CT molecular complexity index is 1350. The summed E-state index contributed by atoms with van der Waals surface area (Å²) in [5.74, 6) is 0.876. The van der Waals surface area contributed by atoms with Crippen molar-refractivity contribution >= 4 is 34.3 Å². The van der Waals surface area contributed by atoms with Crippen LogP contribution in [0.2, 0.25) is 0 Å². The fraction of sp³-hybridized carbons (Fsp3) is 0.304. The molecule has 2 aromatic carbocycles. The van der Waals surface area contributed by atoms with Gasteiger partial charge in [-0.05, 0) is 49.9 Å². The molecule has 1 aliphatic heterocycles. The van der Waals surface area contributed by atoms with Crippen LogP contribution < -0.4 is 5.56 Å². The van der Waals surface area contributed by atoms with Crippen LogP contribution in [-0.4, -0.2) is 48.8 Å². The molecular weight excluding hydrogens is 410 g/mol. The molecule has 0 bridgehead atoms. The maximum atomic E-state index is 13.5. The summed E-state index contributed by atoms with van der Waals surface area (Å²) < 4.78 is 3.54. The minimum atomic E-state index is -0.127. The molecule has 0 N–H and O–H groups in total.